The fraction of sp³-hybridized carbons (Fsp3) is 0.267. The molecule has 0 unspecified atom stereocenters. The van der Waals surface area contributed by atoms with E-state index < -0.39 is 5.97 Å². The van der Waals surface area contributed by atoms with Gasteiger partial charge in [-0.15, -0.1) is 0 Å². The number of carbonyl (C=O) groups is 1. The molecule has 0 aliphatic carbocycles. The second-order valence-electron chi connectivity index (χ2n) is 4.47. The van der Waals surface area contributed by atoms with E-state index >= 15 is 0 Å². The summed E-state index contributed by atoms with van der Waals surface area (Å²) in [7, 11) is 1.86. The standard InChI is InChI=1S/C15H17N3O3/c1-4-21-14-10(2)13(16-9-17-14)18(3)12-7-5-11(6-8-12)15(19)20/h5-9H,4H2,1-3H3,(H,19,20). The van der Waals surface area contributed by atoms with Crippen LogP contribution >= 0.6 is 0 Å². The first-order chi connectivity index (χ1) is 10.0. The smallest absolute Gasteiger partial charge is 0.335 e. The zero-order valence-corrected chi connectivity index (χ0v) is 12.2. The number of benzene rings is 1. The highest BCUT2D eigenvalue weighted by atomic mass is 16.5. The van der Waals surface area contributed by atoms with Gasteiger partial charge in [0.25, 0.3) is 0 Å². The molecule has 2 rings (SSSR count). The number of hydrogen-bond acceptors (Lipinski definition) is 5. The summed E-state index contributed by atoms with van der Waals surface area (Å²) in [6, 6.07) is 6.61. The summed E-state index contributed by atoms with van der Waals surface area (Å²) in [5.41, 5.74) is 1.93. The molecule has 110 valence electrons. The summed E-state index contributed by atoms with van der Waals surface area (Å²) in [5.74, 6) is 0.328. The molecule has 0 aliphatic heterocycles. The number of carboxylic acids is 1. The SMILES string of the molecule is CCOc1ncnc(N(C)c2ccc(C(=O)O)cc2)c1C. The topological polar surface area (TPSA) is 75.6 Å². The Morgan fingerprint density at radius 3 is 2.52 bits per heavy atom. The highest BCUT2D eigenvalue weighted by Crippen LogP contribution is 2.28. The van der Waals surface area contributed by atoms with Gasteiger partial charge in [0.15, 0.2) is 0 Å². The predicted molar refractivity (Wildman–Crippen MR) is 79.4 cm³/mol. The Hall–Kier alpha value is -2.63. The van der Waals surface area contributed by atoms with Gasteiger partial charge in [-0.3, -0.25) is 0 Å². The van der Waals surface area contributed by atoms with E-state index in [0.717, 1.165) is 17.1 Å². The van der Waals surface area contributed by atoms with Gasteiger partial charge in [-0.2, -0.15) is 0 Å². The van der Waals surface area contributed by atoms with Crippen LogP contribution in [0.15, 0.2) is 30.6 Å². The van der Waals surface area contributed by atoms with E-state index in [2.05, 4.69) is 9.97 Å². The minimum absolute atomic E-state index is 0.251. The Morgan fingerprint density at radius 1 is 1.29 bits per heavy atom. The molecule has 0 amide bonds. The van der Waals surface area contributed by atoms with Crippen LogP contribution in [0.4, 0.5) is 11.5 Å². The molecular formula is C15H17N3O3. The van der Waals surface area contributed by atoms with Crippen molar-refractivity contribution in [3.05, 3.63) is 41.7 Å². The van der Waals surface area contributed by atoms with Crippen molar-refractivity contribution >= 4 is 17.5 Å². The molecule has 0 atom stereocenters. The first kappa shape index (κ1) is 14.8. The van der Waals surface area contributed by atoms with Crippen LogP contribution in [0.2, 0.25) is 0 Å². The monoisotopic (exact) mass is 287 g/mol. The Balaban J connectivity index is 2.33. The molecule has 0 aliphatic rings. The number of ether oxygens (including phenoxy) is 1. The average Bonchev–Trinajstić information content (AvgIpc) is 2.49. The van der Waals surface area contributed by atoms with Crippen molar-refractivity contribution in [2.45, 2.75) is 13.8 Å². The molecule has 0 spiro atoms. The second kappa shape index (κ2) is 6.21. The summed E-state index contributed by atoms with van der Waals surface area (Å²) in [6.07, 6.45) is 1.45. The number of anilines is 2. The minimum atomic E-state index is -0.943. The van der Waals surface area contributed by atoms with Gasteiger partial charge >= 0.3 is 5.97 Å². The number of rotatable bonds is 5. The molecule has 0 saturated carbocycles. The molecule has 1 aromatic heterocycles. The van der Waals surface area contributed by atoms with Crippen molar-refractivity contribution in [2.75, 3.05) is 18.6 Å². The van der Waals surface area contributed by atoms with Gasteiger partial charge in [-0.25, -0.2) is 14.8 Å². The quantitative estimate of drug-likeness (QED) is 0.911. The van der Waals surface area contributed by atoms with Gasteiger partial charge in [0.1, 0.15) is 12.1 Å². The highest BCUT2D eigenvalue weighted by Gasteiger charge is 2.13. The van der Waals surface area contributed by atoms with Crippen molar-refractivity contribution in [1.29, 1.82) is 0 Å². The molecule has 1 N–H and O–H groups in total. The van der Waals surface area contributed by atoms with Crippen molar-refractivity contribution in [3.63, 3.8) is 0 Å². The summed E-state index contributed by atoms with van der Waals surface area (Å²) < 4.78 is 5.46. The van der Waals surface area contributed by atoms with Crippen LogP contribution in [0.5, 0.6) is 5.88 Å². The fourth-order valence-electron chi connectivity index (χ4n) is 2.00. The van der Waals surface area contributed by atoms with Crippen LogP contribution in [-0.2, 0) is 0 Å². The number of hydrogen-bond donors (Lipinski definition) is 1. The maximum atomic E-state index is 10.9. The van der Waals surface area contributed by atoms with E-state index in [1.807, 2.05) is 25.8 Å². The third kappa shape index (κ3) is 3.10. The number of nitrogens with zero attached hydrogens (tertiary/aromatic N) is 3. The first-order valence-corrected chi connectivity index (χ1v) is 6.56. The zero-order chi connectivity index (χ0) is 15.4. The Bertz CT molecular complexity index is 641. The minimum Gasteiger partial charge on any atom is -0.478 e. The van der Waals surface area contributed by atoms with Crippen LogP contribution in [-0.4, -0.2) is 34.7 Å². The number of carboxylic acid groups (broad SMARTS) is 1. The largest absolute Gasteiger partial charge is 0.478 e. The molecular weight excluding hydrogens is 270 g/mol. The molecule has 6 heteroatoms. The predicted octanol–water partition coefficient (Wildman–Crippen LogP) is 2.65. The number of aromatic carboxylic acids is 1. The molecule has 6 nitrogen and oxygen atoms in total. The Kier molecular flexibility index (Phi) is 4.37. The molecule has 0 radical (unpaired) electrons. The lowest BCUT2D eigenvalue weighted by Gasteiger charge is -2.21. The van der Waals surface area contributed by atoms with E-state index in [1.165, 1.54) is 6.33 Å². The first-order valence-electron chi connectivity index (χ1n) is 6.56. The molecule has 1 heterocycles. The van der Waals surface area contributed by atoms with E-state index in [4.69, 9.17) is 9.84 Å². The van der Waals surface area contributed by atoms with Gasteiger partial charge in [-0.05, 0) is 38.1 Å². The van der Waals surface area contributed by atoms with Crippen molar-refractivity contribution in [2.24, 2.45) is 0 Å². The molecule has 0 bridgehead atoms. The van der Waals surface area contributed by atoms with Gasteiger partial charge < -0.3 is 14.7 Å². The summed E-state index contributed by atoms with van der Waals surface area (Å²) in [5, 5.41) is 8.92. The second-order valence-corrected chi connectivity index (χ2v) is 4.47. The molecule has 21 heavy (non-hydrogen) atoms. The van der Waals surface area contributed by atoms with Crippen LogP contribution in [0, 0.1) is 6.92 Å². The molecule has 0 fully saturated rings. The normalized spacial score (nSPS) is 10.2. The lowest BCUT2D eigenvalue weighted by Crippen LogP contribution is -2.14. The van der Waals surface area contributed by atoms with Gasteiger partial charge in [0.05, 0.1) is 17.7 Å². The van der Waals surface area contributed by atoms with Crippen LogP contribution < -0.4 is 9.64 Å². The molecule has 1 aromatic carbocycles. The Labute approximate surface area is 123 Å². The Morgan fingerprint density at radius 2 is 1.95 bits per heavy atom. The van der Waals surface area contributed by atoms with Crippen LogP contribution in [0.1, 0.15) is 22.8 Å². The highest BCUT2D eigenvalue weighted by molar-refractivity contribution is 5.88. The van der Waals surface area contributed by atoms with Crippen molar-refractivity contribution < 1.29 is 14.6 Å². The summed E-state index contributed by atoms with van der Waals surface area (Å²) in [6.45, 7) is 4.33. The summed E-state index contributed by atoms with van der Waals surface area (Å²) in [4.78, 5) is 21.1. The molecule has 0 saturated heterocycles. The van der Waals surface area contributed by atoms with Crippen LogP contribution in [0.3, 0.4) is 0 Å². The van der Waals surface area contributed by atoms with Gasteiger partial charge in [0.2, 0.25) is 5.88 Å². The maximum absolute atomic E-state index is 10.9. The fourth-order valence-corrected chi connectivity index (χ4v) is 2.00. The van der Waals surface area contributed by atoms with Crippen molar-refractivity contribution in [1.82, 2.24) is 9.97 Å². The van der Waals surface area contributed by atoms with E-state index in [1.54, 1.807) is 24.3 Å². The lowest BCUT2D eigenvalue weighted by molar-refractivity contribution is 0.0697. The summed E-state index contributed by atoms with van der Waals surface area (Å²) >= 11 is 0. The van der Waals surface area contributed by atoms with E-state index in [9.17, 15) is 4.79 Å². The van der Waals surface area contributed by atoms with Crippen molar-refractivity contribution in [3.8, 4) is 5.88 Å². The third-order valence-electron chi connectivity index (χ3n) is 3.11. The third-order valence-corrected chi connectivity index (χ3v) is 3.11. The maximum Gasteiger partial charge on any atom is 0.335 e. The average molecular weight is 287 g/mol. The molecule has 2 aromatic rings. The van der Waals surface area contributed by atoms with Crippen LogP contribution in [0.25, 0.3) is 0 Å². The lowest BCUT2D eigenvalue weighted by atomic mass is 10.2. The zero-order valence-electron chi connectivity index (χ0n) is 12.2. The van der Waals surface area contributed by atoms with Gasteiger partial charge in [0, 0.05) is 12.7 Å². The number of aromatic nitrogens is 2. The van der Waals surface area contributed by atoms with E-state index in [0.29, 0.717) is 12.5 Å². The van der Waals surface area contributed by atoms with Gasteiger partial charge in [-0.1, -0.05) is 0 Å². The van der Waals surface area contributed by atoms with E-state index in [-0.39, 0.29) is 5.56 Å².